The van der Waals surface area contributed by atoms with Gasteiger partial charge in [0.15, 0.2) is 0 Å². The first-order valence-electron chi connectivity index (χ1n) is 15.3. The average molecular weight is 600 g/mol. The summed E-state index contributed by atoms with van der Waals surface area (Å²) in [6, 6.07) is 23.2. The van der Waals surface area contributed by atoms with Crippen LogP contribution in [-0.2, 0) is 27.3 Å². The third-order valence-corrected chi connectivity index (χ3v) is 9.84. The summed E-state index contributed by atoms with van der Waals surface area (Å²) in [7, 11) is 1.33. The largest absolute Gasteiger partial charge is 0.465 e. The molecule has 2 aliphatic heterocycles. The zero-order valence-corrected chi connectivity index (χ0v) is 25.3. The number of piperidine rings is 1. The van der Waals surface area contributed by atoms with Crippen LogP contribution in [0.15, 0.2) is 72.8 Å². The molecule has 8 heteroatoms. The van der Waals surface area contributed by atoms with Crippen LogP contribution < -0.4 is 10.2 Å². The van der Waals surface area contributed by atoms with Crippen LogP contribution in [0.5, 0.6) is 0 Å². The molecule has 1 aliphatic carbocycles. The number of hydrogen-bond donors (Lipinski definition) is 1. The predicted molar refractivity (Wildman–Crippen MR) is 168 cm³/mol. The fourth-order valence-corrected chi connectivity index (χ4v) is 7.49. The van der Waals surface area contributed by atoms with Crippen LogP contribution in [0.2, 0.25) is 5.02 Å². The molecule has 2 amide bonds. The van der Waals surface area contributed by atoms with Crippen molar-refractivity contribution in [3.05, 3.63) is 94.5 Å². The highest BCUT2D eigenvalue weighted by molar-refractivity contribution is 6.30. The number of hydrogen-bond acceptors (Lipinski definition) is 5. The summed E-state index contributed by atoms with van der Waals surface area (Å²) >= 11 is 6.20. The van der Waals surface area contributed by atoms with Gasteiger partial charge in [-0.05, 0) is 79.1 Å². The number of carbonyl (C=O) groups excluding carboxylic acids is 3. The first-order valence-corrected chi connectivity index (χ1v) is 15.7. The number of ether oxygens (including phenoxy) is 1. The van der Waals surface area contributed by atoms with Crippen molar-refractivity contribution in [1.82, 2.24) is 4.90 Å². The summed E-state index contributed by atoms with van der Waals surface area (Å²) in [4.78, 5) is 44.4. The predicted octanol–water partition coefficient (Wildman–Crippen LogP) is 6.50. The Morgan fingerprint density at radius 3 is 2.37 bits per heavy atom. The zero-order valence-electron chi connectivity index (χ0n) is 24.6. The maximum Gasteiger partial charge on any atom is 0.337 e. The van der Waals surface area contributed by atoms with E-state index < -0.39 is 11.5 Å². The Hall–Kier alpha value is -3.84. The number of para-hydroxylation sites is 1. The quantitative estimate of drug-likeness (QED) is 0.314. The van der Waals surface area contributed by atoms with Crippen molar-refractivity contribution < 1.29 is 19.1 Å². The van der Waals surface area contributed by atoms with E-state index in [1.54, 1.807) is 24.3 Å². The van der Waals surface area contributed by atoms with E-state index in [1.807, 2.05) is 17.0 Å². The number of amides is 2. The van der Waals surface area contributed by atoms with Gasteiger partial charge in [-0.1, -0.05) is 60.8 Å². The molecular formula is C35H38ClN3O4. The van der Waals surface area contributed by atoms with Gasteiger partial charge in [0.1, 0.15) is 5.54 Å². The highest BCUT2D eigenvalue weighted by atomic mass is 35.5. The number of nitrogens with zero attached hydrogens (tertiary/aromatic N) is 2. The molecule has 43 heavy (non-hydrogen) atoms. The standard InChI is InChI=1S/C35H38ClN3O4/c1-43-33(41)26-8-6-11-30(21-26)37-32(40)25-17-19-38(20-18-25)34(42)35(28-9-3-4-10-28)22-27-7-2-5-12-31(27)39(35)23-24-13-15-29(36)16-14-24/h2,5-8,11-16,21,25,28H,3-4,9-10,17-20,22-23H2,1H3,(H,37,40). The molecule has 0 spiro atoms. The fourth-order valence-electron chi connectivity index (χ4n) is 7.36. The minimum atomic E-state index is -0.650. The van der Waals surface area contributed by atoms with Crippen molar-refractivity contribution in [1.29, 1.82) is 0 Å². The van der Waals surface area contributed by atoms with Crippen LogP contribution in [-0.4, -0.2) is 48.4 Å². The van der Waals surface area contributed by atoms with Crippen LogP contribution in [0.4, 0.5) is 11.4 Å². The van der Waals surface area contributed by atoms with Crippen molar-refractivity contribution in [2.45, 2.75) is 57.0 Å². The molecular weight excluding hydrogens is 562 g/mol. The monoisotopic (exact) mass is 599 g/mol. The number of nitrogens with one attached hydrogen (secondary N) is 1. The molecule has 1 unspecified atom stereocenters. The molecule has 1 N–H and O–H groups in total. The molecule has 1 atom stereocenters. The van der Waals surface area contributed by atoms with Gasteiger partial charge >= 0.3 is 5.97 Å². The first kappa shape index (κ1) is 29.2. The Balaban J connectivity index is 1.21. The van der Waals surface area contributed by atoms with Crippen molar-refractivity contribution in [3.63, 3.8) is 0 Å². The third-order valence-electron chi connectivity index (χ3n) is 9.58. The number of halogens is 1. The lowest BCUT2D eigenvalue weighted by molar-refractivity contribution is -0.141. The lowest BCUT2D eigenvalue weighted by Gasteiger charge is -2.47. The van der Waals surface area contributed by atoms with Crippen LogP contribution in [0.1, 0.15) is 60.0 Å². The lowest BCUT2D eigenvalue weighted by atomic mass is 9.77. The Kier molecular flexibility index (Phi) is 8.44. The molecule has 3 aromatic carbocycles. The summed E-state index contributed by atoms with van der Waals surface area (Å²) in [6.07, 6.45) is 6.27. The minimum Gasteiger partial charge on any atom is -0.465 e. The van der Waals surface area contributed by atoms with E-state index in [2.05, 4.69) is 46.6 Å². The Morgan fingerprint density at radius 1 is 0.930 bits per heavy atom. The second kappa shape index (κ2) is 12.4. The number of fused-ring (bicyclic) bond motifs is 1. The van der Waals surface area contributed by atoms with Gasteiger partial charge in [0.2, 0.25) is 11.8 Å². The molecule has 224 valence electrons. The van der Waals surface area contributed by atoms with Gasteiger partial charge in [0.25, 0.3) is 0 Å². The Bertz CT molecular complexity index is 1490. The third kappa shape index (κ3) is 5.75. The van der Waals surface area contributed by atoms with Gasteiger partial charge in [-0.3, -0.25) is 9.59 Å². The molecule has 3 aliphatic rings. The van der Waals surface area contributed by atoms with E-state index in [4.69, 9.17) is 16.3 Å². The maximum absolute atomic E-state index is 14.8. The van der Waals surface area contributed by atoms with Crippen molar-refractivity contribution in [2.75, 3.05) is 30.4 Å². The molecule has 0 bridgehead atoms. The number of methoxy groups -OCH3 is 1. The van der Waals surface area contributed by atoms with Gasteiger partial charge in [0.05, 0.1) is 12.7 Å². The molecule has 0 radical (unpaired) electrons. The number of benzene rings is 3. The second-order valence-corrected chi connectivity index (χ2v) is 12.5. The Morgan fingerprint density at radius 2 is 1.65 bits per heavy atom. The van der Waals surface area contributed by atoms with Crippen LogP contribution in [0, 0.1) is 11.8 Å². The topological polar surface area (TPSA) is 79.0 Å². The highest BCUT2D eigenvalue weighted by Gasteiger charge is 2.56. The average Bonchev–Trinajstić information content (AvgIpc) is 3.69. The molecule has 3 aromatic rings. The fraction of sp³-hybridized carbons (Fsp3) is 0.400. The number of esters is 1. The number of rotatable bonds is 7. The summed E-state index contributed by atoms with van der Waals surface area (Å²) in [5, 5.41) is 3.67. The molecule has 6 rings (SSSR count). The smallest absolute Gasteiger partial charge is 0.337 e. The molecule has 1 saturated carbocycles. The van der Waals surface area contributed by atoms with E-state index in [9.17, 15) is 14.4 Å². The Labute approximate surface area is 258 Å². The molecule has 2 fully saturated rings. The number of carbonyl (C=O) groups is 3. The second-order valence-electron chi connectivity index (χ2n) is 12.1. The van der Waals surface area contributed by atoms with Gasteiger partial charge in [-0.25, -0.2) is 4.79 Å². The molecule has 0 aromatic heterocycles. The van der Waals surface area contributed by atoms with Crippen LogP contribution in [0.3, 0.4) is 0 Å². The van der Waals surface area contributed by atoms with Gasteiger partial charge in [-0.15, -0.1) is 0 Å². The van der Waals surface area contributed by atoms with Crippen LogP contribution in [0.25, 0.3) is 0 Å². The highest BCUT2D eigenvalue weighted by Crippen LogP contribution is 2.50. The summed E-state index contributed by atoms with van der Waals surface area (Å²) < 4.78 is 4.80. The van der Waals surface area contributed by atoms with Gasteiger partial charge in [0, 0.05) is 48.4 Å². The zero-order chi connectivity index (χ0) is 30.0. The SMILES string of the molecule is COC(=O)c1cccc(NC(=O)C2CCN(C(=O)C3(C4CCCC4)Cc4ccccc4N3Cc3ccc(Cl)cc3)CC2)c1. The van der Waals surface area contributed by atoms with E-state index in [1.165, 1.54) is 12.7 Å². The molecule has 7 nitrogen and oxygen atoms in total. The summed E-state index contributed by atoms with van der Waals surface area (Å²) in [5.74, 6) is -0.285. The molecule has 2 heterocycles. The van der Waals surface area contributed by atoms with Crippen molar-refractivity contribution >= 4 is 40.8 Å². The summed E-state index contributed by atoms with van der Waals surface area (Å²) in [5.41, 5.74) is 3.79. The lowest BCUT2D eigenvalue weighted by Crippen LogP contribution is -2.63. The number of anilines is 2. The van der Waals surface area contributed by atoms with Gasteiger partial charge < -0.3 is 19.9 Å². The molecule has 1 saturated heterocycles. The maximum atomic E-state index is 14.8. The van der Waals surface area contributed by atoms with E-state index in [-0.39, 0.29) is 23.7 Å². The van der Waals surface area contributed by atoms with Crippen molar-refractivity contribution in [2.24, 2.45) is 11.8 Å². The normalized spacial score (nSPS) is 20.6. The van der Waals surface area contributed by atoms with Crippen LogP contribution >= 0.6 is 11.6 Å². The minimum absolute atomic E-state index is 0.0859. The summed E-state index contributed by atoms with van der Waals surface area (Å²) in [6.45, 7) is 1.72. The van der Waals surface area contributed by atoms with Crippen molar-refractivity contribution in [3.8, 4) is 0 Å². The van der Waals surface area contributed by atoms with E-state index in [0.717, 1.165) is 36.9 Å². The number of likely N-dealkylation sites (tertiary alicyclic amines) is 1. The first-order chi connectivity index (χ1) is 20.9. The van der Waals surface area contributed by atoms with Gasteiger partial charge in [-0.2, -0.15) is 0 Å². The van der Waals surface area contributed by atoms with E-state index >= 15 is 0 Å². The van der Waals surface area contributed by atoms with E-state index in [0.29, 0.717) is 55.2 Å².